The molecule has 0 saturated carbocycles. The Balaban J connectivity index is 3.21. The van der Waals surface area contributed by atoms with Gasteiger partial charge in [0.1, 0.15) is 6.10 Å². The SMILES string of the molecule is CCCCOC(C)C(N)=O. The Morgan fingerprint density at radius 1 is 1.70 bits per heavy atom. The lowest BCUT2D eigenvalue weighted by Gasteiger charge is -2.07. The predicted molar refractivity (Wildman–Crippen MR) is 39.5 cm³/mol. The molecule has 1 unspecified atom stereocenters. The topological polar surface area (TPSA) is 52.3 Å². The fourth-order valence-corrected chi connectivity index (χ4v) is 0.487. The number of hydrogen-bond acceptors (Lipinski definition) is 2. The summed E-state index contributed by atoms with van der Waals surface area (Å²) in [5.74, 6) is -0.392. The van der Waals surface area contributed by atoms with Gasteiger partial charge in [0, 0.05) is 6.61 Å². The van der Waals surface area contributed by atoms with Gasteiger partial charge in [0.05, 0.1) is 0 Å². The van der Waals surface area contributed by atoms with Crippen LogP contribution in [0.5, 0.6) is 0 Å². The summed E-state index contributed by atoms with van der Waals surface area (Å²) in [6.45, 7) is 4.36. The fourth-order valence-electron chi connectivity index (χ4n) is 0.487. The summed E-state index contributed by atoms with van der Waals surface area (Å²) >= 11 is 0. The molecule has 0 aliphatic rings. The Hall–Kier alpha value is -0.570. The van der Waals surface area contributed by atoms with E-state index in [4.69, 9.17) is 10.5 Å². The maximum atomic E-state index is 10.4. The van der Waals surface area contributed by atoms with Crippen molar-refractivity contribution < 1.29 is 9.53 Å². The van der Waals surface area contributed by atoms with Crippen molar-refractivity contribution in [2.45, 2.75) is 32.8 Å². The Bertz CT molecular complexity index is 104. The van der Waals surface area contributed by atoms with E-state index in [1.165, 1.54) is 0 Å². The molecule has 0 aromatic carbocycles. The molecule has 10 heavy (non-hydrogen) atoms. The molecule has 3 heteroatoms. The molecule has 0 spiro atoms. The van der Waals surface area contributed by atoms with Gasteiger partial charge in [-0.15, -0.1) is 0 Å². The number of rotatable bonds is 5. The number of nitrogens with two attached hydrogens (primary N) is 1. The van der Waals surface area contributed by atoms with E-state index in [0.29, 0.717) is 6.61 Å². The van der Waals surface area contributed by atoms with Crippen LogP contribution in [0.3, 0.4) is 0 Å². The third-order valence-electron chi connectivity index (χ3n) is 1.27. The molecule has 0 heterocycles. The van der Waals surface area contributed by atoms with E-state index < -0.39 is 12.0 Å². The van der Waals surface area contributed by atoms with Gasteiger partial charge < -0.3 is 10.5 Å². The second-order valence-electron chi connectivity index (χ2n) is 2.27. The lowest BCUT2D eigenvalue weighted by molar-refractivity contribution is -0.128. The first-order chi connectivity index (χ1) is 4.68. The maximum absolute atomic E-state index is 10.4. The van der Waals surface area contributed by atoms with Crippen molar-refractivity contribution in [3.8, 4) is 0 Å². The number of carbonyl (C=O) groups is 1. The minimum atomic E-state index is -0.438. The average molecular weight is 145 g/mol. The van der Waals surface area contributed by atoms with Gasteiger partial charge in [-0.1, -0.05) is 13.3 Å². The van der Waals surface area contributed by atoms with E-state index in [1.807, 2.05) is 0 Å². The van der Waals surface area contributed by atoms with Crippen molar-refractivity contribution >= 4 is 5.91 Å². The summed E-state index contributed by atoms with van der Waals surface area (Å²) in [4.78, 5) is 10.4. The minimum Gasteiger partial charge on any atom is -0.369 e. The third kappa shape index (κ3) is 4.32. The van der Waals surface area contributed by atoms with Gasteiger partial charge in [0.15, 0.2) is 0 Å². The molecule has 0 bridgehead atoms. The van der Waals surface area contributed by atoms with E-state index in [-0.39, 0.29) is 0 Å². The maximum Gasteiger partial charge on any atom is 0.246 e. The number of amides is 1. The molecule has 0 aromatic heterocycles. The normalized spacial score (nSPS) is 13.0. The molecule has 0 fully saturated rings. The van der Waals surface area contributed by atoms with Gasteiger partial charge in [0.2, 0.25) is 5.91 Å². The summed E-state index contributed by atoms with van der Waals surface area (Å²) in [6, 6.07) is 0. The van der Waals surface area contributed by atoms with Crippen LogP contribution < -0.4 is 5.73 Å². The summed E-state index contributed by atoms with van der Waals surface area (Å²) in [5, 5.41) is 0. The Labute approximate surface area is 61.5 Å². The third-order valence-corrected chi connectivity index (χ3v) is 1.27. The van der Waals surface area contributed by atoms with Crippen molar-refractivity contribution in [1.82, 2.24) is 0 Å². The summed E-state index contributed by atoms with van der Waals surface area (Å²) in [6.07, 6.45) is 1.62. The van der Waals surface area contributed by atoms with E-state index in [0.717, 1.165) is 12.8 Å². The van der Waals surface area contributed by atoms with Crippen molar-refractivity contribution in [1.29, 1.82) is 0 Å². The van der Waals surface area contributed by atoms with Gasteiger partial charge in [-0.3, -0.25) is 4.79 Å². The first-order valence-electron chi connectivity index (χ1n) is 3.59. The highest BCUT2D eigenvalue weighted by atomic mass is 16.5. The van der Waals surface area contributed by atoms with Crippen LogP contribution in [0.1, 0.15) is 26.7 Å². The number of unbranched alkanes of at least 4 members (excludes halogenated alkanes) is 1. The molecule has 3 nitrogen and oxygen atoms in total. The molecule has 0 saturated heterocycles. The predicted octanol–water partition coefficient (Wildman–Crippen LogP) is 0.677. The van der Waals surface area contributed by atoms with Gasteiger partial charge in [-0.25, -0.2) is 0 Å². The minimum absolute atomic E-state index is 0.392. The van der Waals surface area contributed by atoms with Crippen LogP contribution in [0.4, 0.5) is 0 Å². The average Bonchev–Trinajstić information content (AvgIpc) is 1.88. The smallest absolute Gasteiger partial charge is 0.246 e. The Morgan fingerprint density at radius 2 is 2.30 bits per heavy atom. The second kappa shape index (κ2) is 5.23. The van der Waals surface area contributed by atoms with Gasteiger partial charge in [-0.05, 0) is 13.3 Å². The molecule has 0 rings (SSSR count). The van der Waals surface area contributed by atoms with Crippen molar-refractivity contribution in [2.24, 2.45) is 5.73 Å². The molecule has 0 aliphatic heterocycles. The Kier molecular flexibility index (Phi) is 4.94. The lowest BCUT2D eigenvalue weighted by Crippen LogP contribution is -2.28. The van der Waals surface area contributed by atoms with E-state index >= 15 is 0 Å². The van der Waals surface area contributed by atoms with Crippen molar-refractivity contribution in [2.75, 3.05) is 6.61 Å². The number of primary amides is 1. The van der Waals surface area contributed by atoms with Gasteiger partial charge in [-0.2, -0.15) is 0 Å². The molecule has 2 N–H and O–H groups in total. The molecule has 0 aromatic rings. The highest BCUT2D eigenvalue weighted by Crippen LogP contribution is 1.93. The molecular weight excluding hydrogens is 130 g/mol. The highest BCUT2D eigenvalue weighted by molar-refractivity contribution is 5.78. The van der Waals surface area contributed by atoms with Crippen LogP contribution >= 0.6 is 0 Å². The zero-order chi connectivity index (χ0) is 7.98. The van der Waals surface area contributed by atoms with Crippen LogP contribution in [0.15, 0.2) is 0 Å². The molecule has 0 radical (unpaired) electrons. The monoisotopic (exact) mass is 145 g/mol. The fraction of sp³-hybridized carbons (Fsp3) is 0.857. The Morgan fingerprint density at radius 3 is 2.70 bits per heavy atom. The van der Waals surface area contributed by atoms with Gasteiger partial charge in [0.25, 0.3) is 0 Å². The molecule has 1 atom stereocenters. The van der Waals surface area contributed by atoms with E-state index in [1.54, 1.807) is 6.92 Å². The molecule has 1 amide bonds. The lowest BCUT2D eigenvalue weighted by atomic mass is 10.3. The quantitative estimate of drug-likeness (QED) is 0.578. The number of hydrogen-bond donors (Lipinski definition) is 1. The number of carbonyl (C=O) groups excluding carboxylic acids is 1. The van der Waals surface area contributed by atoms with Crippen LogP contribution in [0.2, 0.25) is 0 Å². The summed E-state index contributed by atoms with van der Waals surface area (Å²) in [5.41, 5.74) is 4.95. The van der Waals surface area contributed by atoms with Crippen LogP contribution in [0, 0.1) is 0 Å². The van der Waals surface area contributed by atoms with Crippen LogP contribution in [-0.4, -0.2) is 18.6 Å². The summed E-state index contributed by atoms with van der Waals surface area (Å²) in [7, 11) is 0. The van der Waals surface area contributed by atoms with Crippen molar-refractivity contribution in [3.05, 3.63) is 0 Å². The van der Waals surface area contributed by atoms with Gasteiger partial charge >= 0.3 is 0 Å². The standard InChI is InChI=1S/C7H15NO2/c1-3-4-5-10-6(2)7(8)9/h6H,3-5H2,1-2H3,(H2,8,9). The largest absolute Gasteiger partial charge is 0.369 e. The first kappa shape index (κ1) is 9.43. The molecular formula is C7H15NO2. The molecule has 60 valence electrons. The zero-order valence-electron chi connectivity index (χ0n) is 6.59. The van der Waals surface area contributed by atoms with Crippen molar-refractivity contribution in [3.63, 3.8) is 0 Å². The molecule has 0 aliphatic carbocycles. The zero-order valence-corrected chi connectivity index (χ0v) is 6.59. The second-order valence-corrected chi connectivity index (χ2v) is 2.27. The summed E-state index contributed by atoms with van der Waals surface area (Å²) < 4.78 is 5.07. The van der Waals surface area contributed by atoms with Crippen LogP contribution in [-0.2, 0) is 9.53 Å². The van der Waals surface area contributed by atoms with Crippen LogP contribution in [0.25, 0.3) is 0 Å². The number of ether oxygens (including phenoxy) is 1. The first-order valence-corrected chi connectivity index (χ1v) is 3.59. The highest BCUT2D eigenvalue weighted by Gasteiger charge is 2.06. The van der Waals surface area contributed by atoms with E-state index in [2.05, 4.69) is 6.92 Å². The van der Waals surface area contributed by atoms with E-state index in [9.17, 15) is 4.79 Å².